The summed E-state index contributed by atoms with van der Waals surface area (Å²) < 4.78 is 5.63. The van der Waals surface area contributed by atoms with E-state index in [2.05, 4.69) is 5.32 Å². The minimum atomic E-state index is -0.401. The van der Waals surface area contributed by atoms with Crippen molar-refractivity contribution in [3.63, 3.8) is 0 Å². The van der Waals surface area contributed by atoms with Crippen LogP contribution in [-0.2, 0) is 0 Å². The first-order valence-electron chi connectivity index (χ1n) is 4.79. The maximum atomic E-state index is 10.5. The minimum absolute atomic E-state index is 0. The van der Waals surface area contributed by atoms with E-state index >= 15 is 0 Å². The predicted octanol–water partition coefficient (Wildman–Crippen LogP) is 1.68. The molecule has 5 nitrogen and oxygen atoms in total. The molecule has 0 amide bonds. The SMILES string of the molecule is Cc1cc([N+](=O)[O-])ccc1OC1CNC1.Cl. The van der Waals surface area contributed by atoms with Crippen molar-refractivity contribution >= 4 is 18.1 Å². The molecule has 0 aromatic heterocycles. The van der Waals surface area contributed by atoms with Gasteiger partial charge in [-0.25, -0.2) is 0 Å². The molecule has 1 saturated heterocycles. The van der Waals surface area contributed by atoms with Gasteiger partial charge in [0.15, 0.2) is 0 Å². The Balaban J connectivity index is 0.00000128. The van der Waals surface area contributed by atoms with Gasteiger partial charge in [-0.05, 0) is 18.6 Å². The third-order valence-corrected chi connectivity index (χ3v) is 2.41. The first kappa shape index (κ1) is 12.7. The van der Waals surface area contributed by atoms with Crippen LogP contribution in [0.2, 0.25) is 0 Å². The number of non-ortho nitro benzene ring substituents is 1. The Labute approximate surface area is 99.4 Å². The quantitative estimate of drug-likeness (QED) is 0.649. The molecule has 0 bridgehead atoms. The van der Waals surface area contributed by atoms with Crippen LogP contribution in [0.5, 0.6) is 5.75 Å². The molecule has 0 saturated carbocycles. The fraction of sp³-hybridized carbons (Fsp3) is 0.400. The molecule has 16 heavy (non-hydrogen) atoms. The maximum absolute atomic E-state index is 10.5. The van der Waals surface area contributed by atoms with Gasteiger partial charge in [-0.3, -0.25) is 10.1 Å². The zero-order valence-corrected chi connectivity index (χ0v) is 9.62. The Morgan fingerprint density at radius 1 is 1.50 bits per heavy atom. The van der Waals surface area contributed by atoms with Crippen LogP contribution in [0.4, 0.5) is 5.69 Å². The van der Waals surface area contributed by atoms with Crippen LogP contribution in [0, 0.1) is 17.0 Å². The summed E-state index contributed by atoms with van der Waals surface area (Å²) in [7, 11) is 0. The molecular weight excluding hydrogens is 232 g/mol. The molecule has 2 rings (SSSR count). The maximum Gasteiger partial charge on any atom is 0.269 e. The average Bonchev–Trinajstić information content (AvgIpc) is 2.12. The lowest BCUT2D eigenvalue weighted by molar-refractivity contribution is -0.384. The van der Waals surface area contributed by atoms with E-state index in [9.17, 15) is 10.1 Å². The molecule has 1 aliphatic heterocycles. The van der Waals surface area contributed by atoms with Crippen molar-refractivity contribution in [2.75, 3.05) is 13.1 Å². The third-order valence-electron chi connectivity index (χ3n) is 2.41. The highest BCUT2D eigenvalue weighted by Gasteiger charge is 2.19. The first-order valence-corrected chi connectivity index (χ1v) is 4.79. The van der Waals surface area contributed by atoms with Crippen molar-refractivity contribution in [1.29, 1.82) is 0 Å². The molecule has 0 radical (unpaired) electrons. The van der Waals surface area contributed by atoms with Crippen molar-refractivity contribution in [2.24, 2.45) is 0 Å². The number of hydrogen-bond acceptors (Lipinski definition) is 4. The van der Waals surface area contributed by atoms with Crippen LogP contribution >= 0.6 is 12.4 Å². The molecule has 1 heterocycles. The summed E-state index contributed by atoms with van der Waals surface area (Å²) >= 11 is 0. The van der Waals surface area contributed by atoms with Crippen LogP contribution in [0.3, 0.4) is 0 Å². The first-order chi connectivity index (χ1) is 7.16. The monoisotopic (exact) mass is 244 g/mol. The molecule has 0 spiro atoms. The number of nitro benzene ring substituents is 1. The molecule has 1 aliphatic rings. The fourth-order valence-electron chi connectivity index (χ4n) is 1.40. The molecule has 0 atom stereocenters. The van der Waals surface area contributed by atoms with Crippen molar-refractivity contribution in [3.8, 4) is 5.75 Å². The summed E-state index contributed by atoms with van der Waals surface area (Å²) in [6.07, 6.45) is 0.199. The zero-order valence-electron chi connectivity index (χ0n) is 8.80. The van der Waals surface area contributed by atoms with Gasteiger partial charge >= 0.3 is 0 Å². The van der Waals surface area contributed by atoms with E-state index in [0.717, 1.165) is 24.4 Å². The number of hydrogen-bond donors (Lipinski definition) is 1. The molecule has 0 aliphatic carbocycles. The number of nitro groups is 1. The Kier molecular flexibility index (Phi) is 4.09. The molecular formula is C10H13ClN2O3. The van der Waals surface area contributed by atoms with E-state index in [4.69, 9.17) is 4.74 Å². The zero-order chi connectivity index (χ0) is 10.8. The van der Waals surface area contributed by atoms with E-state index in [1.54, 1.807) is 6.07 Å². The van der Waals surface area contributed by atoms with Crippen molar-refractivity contribution in [2.45, 2.75) is 13.0 Å². The Bertz CT molecular complexity index is 394. The second kappa shape index (κ2) is 5.14. The van der Waals surface area contributed by atoms with Gasteiger partial charge in [-0.2, -0.15) is 0 Å². The van der Waals surface area contributed by atoms with Gasteiger partial charge in [0.1, 0.15) is 11.9 Å². The van der Waals surface area contributed by atoms with E-state index < -0.39 is 4.92 Å². The van der Waals surface area contributed by atoms with Crippen molar-refractivity contribution < 1.29 is 9.66 Å². The van der Waals surface area contributed by atoms with E-state index in [0.29, 0.717) is 0 Å². The summed E-state index contributed by atoms with van der Waals surface area (Å²) in [5.41, 5.74) is 0.905. The molecule has 88 valence electrons. The fourth-order valence-corrected chi connectivity index (χ4v) is 1.40. The Morgan fingerprint density at radius 3 is 2.62 bits per heavy atom. The Morgan fingerprint density at radius 2 is 2.19 bits per heavy atom. The minimum Gasteiger partial charge on any atom is -0.487 e. The van der Waals surface area contributed by atoms with Crippen LogP contribution in [0.15, 0.2) is 18.2 Å². The lowest BCUT2D eigenvalue weighted by atomic mass is 10.2. The van der Waals surface area contributed by atoms with E-state index in [-0.39, 0.29) is 24.2 Å². The number of ether oxygens (including phenoxy) is 1. The summed E-state index contributed by atoms with van der Waals surface area (Å²) in [5, 5.41) is 13.6. The average molecular weight is 245 g/mol. The standard InChI is InChI=1S/C10H12N2O3.ClH/c1-7-4-8(12(13)14)2-3-10(7)15-9-5-11-6-9;/h2-4,9,11H,5-6H2,1H3;1H. The van der Waals surface area contributed by atoms with Crippen LogP contribution in [0.1, 0.15) is 5.56 Å². The number of halogens is 1. The normalized spacial score (nSPS) is 14.8. The lowest BCUT2D eigenvalue weighted by Crippen LogP contribution is -2.50. The molecule has 1 aromatic carbocycles. The molecule has 1 fully saturated rings. The van der Waals surface area contributed by atoms with Gasteiger partial charge < -0.3 is 10.1 Å². The number of rotatable bonds is 3. The van der Waals surface area contributed by atoms with Gasteiger partial charge in [0, 0.05) is 25.2 Å². The topological polar surface area (TPSA) is 64.4 Å². The molecule has 6 heteroatoms. The van der Waals surface area contributed by atoms with Gasteiger partial charge in [0.25, 0.3) is 5.69 Å². The Hall–Kier alpha value is -1.33. The number of nitrogens with one attached hydrogen (secondary N) is 1. The van der Waals surface area contributed by atoms with Crippen LogP contribution in [0.25, 0.3) is 0 Å². The summed E-state index contributed by atoms with van der Waals surface area (Å²) in [5.74, 6) is 0.729. The van der Waals surface area contributed by atoms with Crippen molar-refractivity contribution in [1.82, 2.24) is 5.32 Å². The van der Waals surface area contributed by atoms with E-state index in [1.165, 1.54) is 12.1 Å². The smallest absolute Gasteiger partial charge is 0.269 e. The second-order valence-corrected chi connectivity index (χ2v) is 3.61. The molecule has 0 unspecified atom stereocenters. The predicted molar refractivity (Wildman–Crippen MR) is 62.4 cm³/mol. The molecule has 1 N–H and O–H groups in total. The van der Waals surface area contributed by atoms with Gasteiger partial charge in [0.05, 0.1) is 4.92 Å². The van der Waals surface area contributed by atoms with Gasteiger partial charge in [-0.15, -0.1) is 12.4 Å². The van der Waals surface area contributed by atoms with Crippen LogP contribution < -0.4 is 10.1 Å². The number of benzene rings is 1. The highest BCUT2D eigenvalue weighted by Crippen LogP contribution is 2.24. The van der Waals surface area contributed by atoms with E-state index in [1.807, 2.05) is 6.92 Å². The van der Waals surface area contributed by atoms with Gasteiger partial charge in [0.2, 0.25) is 0 Å². The molecule has 1 aromatic rings. The third kappa shape index (κ3) is 2.62. The van der Waals surface area contributed by atoms with Crippen molar-refractivity contribution in [3.05, 3.63) is 33.9 Å². The van der Waals surface area contributed by atoms with Crippen LogP contribution in [-0.4, -0.2) is 24.1 Å². The summed E-state index contributed by atoms with van der Waals surface area (Å²) in [6, 6.07) is 4.65. The van der Waals surface area contributed by atoms with Gasteiger partial charge in [-0.1, -0.05) is 0 Å². The highest BCUT2D eigenvalue weighted by molar-refractivity contribution is 5.85. The summed E-state index contributed by atoms with van der Waals surface area (Å²) in [4.78, 5) is 10.1. The number of aryl methyl sites for hydroxylation is 1. The lowest BCUT2D eigenvalue weighted by Gasteiger charge is -2.28. The highest BCUT2D eigenvalue weighted by atomic mass is 35.5. The largest absolute Gasteiger partial charge is 0.487 e. The second-order valence-electron chi connectivity index (χ2n) is 3.61. The number of nitrogens with zero attached hydrogens (tertiary/aromatic N) is 1. The summed E-state index contributed by atoms with van der Waals surface area (Å²) in [6.45, 7) is 3.50.